The molecule has 0 saturated carbocycles. The van der Waals surface area contributed by atoms with E-state index in [0.29, 0.717) is 19.4 Å². The van der Waals surface area contributed by atoms with Gasteiger partial charge in [0.1, 0.15) is 5.78 Å². The summed E-state index contributed by atoms with van der Waals surface area (Å²) >= 11 is 0. The minimum atomic E-state index is -0.258. The maximum absolute atomic E-state index is 11.5. The highest BCUT2D eigenvalue weighted by Gasteiger charge is 2.07. The minimum Gasteiger partial charge on any atom is -0.465 e. The number of unbranched alkanes of at least 4 members (excludes halogenated alkanes) is 3. The Morgan fingerprint density at radius 3 is 2.42 bits per heavy atom. The molecule has 0 rings (SSSR count). The van der Waals surface area contributed by atoms with E-state index in [1.54, 1.807) is 0 Å². The van der Waals surface area contributed by atoms with Gasteiger partial charge in [-0.2, -0.15) is 0 Å². The van der Waals surface area contributed by atoms with E-state index in [4.69, 9.17) is 4.74 Å². The molecule has 0 saturated heterocycles. The van der Waals surface area contributed by atoms with Gasteiger partial charge in [-0.1, -0.05) is 45.3 Å². The fourth-order valence-corrected chi connectivity index (χ4v) is 1.71. The summed E-state index contributed by atoms with van der Waals surface area (Å²) in [6.07, 6.45) is 11.4. The second-order valence-electron chi connectivity index (χ2n) is 4.74. The molecule has 3 heteroatoms. The van der Waals surface area contributed by atoms with Crippen LogP contribution in [0.4, 0.5) is 0 Å². The van der Waals surface area contributed by atoms with Gasteiger partial charge in [0.05, 0.1) is 13.0 Å². The Morgan fingerprint density at radius 2 is 1.74 bits per heavy atom. The number of Topliss-reactive ketones (excluding diaryl/α,β-unsaturated/α-hetero) is 1. The van der Waals surface area contributed by atoms with Crippen molar-refractivity contribution in [3.63, 3.8) is 0 Å². The first kappa shape index (κ1) is 17.9. The van der Waals surface area contributed by atoms with Crippen LogP contribution in [0.25, 0.3) is 0 Å². The molecule has 0 bridgehead atoms. The van der Waals surface area contributed by atoms with Crippen molar-refractivity contribution in [1.29, 1.82) is 0 Å². The van der Waals surface area contributed by atoms with Gasteiger partial charge in [0, 0.05) is 12.8 Å². The summed E-state index contributed by atoms with van der Waals surface area (Å²) in [6.45, 7) is 4.63. The molecule has 0 aromatic carbocycles. The van der Waals surface area contributed by atoms with Crippen LogP contribution in [0.1, 0.15) is 71.6 Å². The van der Waals surface area contributed by atoms with Crippen molar-refractivity contribution >= 4 is 11.8 Å². The number of esters is 1. The molecular formula is C16H28O3. The van der Waals surface area contributed by atoms with Crippen LogP contribution in [0.5, 0.6) is 0 Å². The minimum absolute atomic E-state index is 0.180. The van der Waals surface area contributed by atoms with Crippen molar-refractivity contribution in [1.82, 2.24) is 0 Å². The highest BCUT2D eigenvalue weighted by Crippen LogP contribution is 2.06. The second-order valence-corrected chi connectivity index (χ2v) is 4.74. The van der Waals surface area contributed by atoms with Crippen molar-refractivity contribution in [3.8, 4) is 0 Å². The van der Waals surface area contributed by atoms with Crippen LogP contribution in [0.15, 0.2) is 12.2 Å². The molecule has 0 aliphatic carbocycles. The first-order valence-electron chi connectivity index (χ1n) is 7.53. The molecule has 0 N–H and O–H groups in total. The van der Waals surface area contributed by atoms with Gasteiger partial charge in [-0.25, -0.2) is 0 Å². The van der Waals surface area contributed by atoms with Gasteiger partial charge in [-0.05, 0) is 19.3 Å². The Labute approximate surface area is 117 Å². The molecule has 0 heterocycles. The summed E-state index contributed by atoms with van der Waals surface area (Å²) in [6, 6.07) is 0. The van der Waals surface area contributed by atoms with Crippen molar-refractivity contribution in [2.24, 2.45) is 0 Å². The predicted molar refractivity (Wildman–Crippen MR) is 78.0 cm³/mol. The summed E-state index contributed by atoms with van der Waals surface area (Å²) in [5, 5.41) is 0. The van der Waals surface area contributed by atoms with Gasteiger partial charge < -0.3 is 4.74 Å². The first-order chi connectivity index (χ1) is 9.20. The molecule has 0 unspecified atom stereocenters. The fourth-order valence-electron chi connectivity index (χ4n) is 1.71. The van der Waals surface area contributed by atoms with Gasteiger partial charge in [-0.3, -0.25) is 9.59 Å². The van der Waals surface area contributed by atoms with Gasteiger partial charge in [0.15, 0.2) is 0 Å². The standard InChI is InChI=1S/C16H28O3/c1-3-5-7-9-11-15(17)12-13-16(18)19-14-10-8-6-4-2/h6,8H,3-5,7,9-14H2,1-2H3/b8-6+. The van der Waals surface area contributed by atoms with Crippen molar-refractivity contribution < 1.29 is 14.3 Å². The average molecular weight is 268 g/mol. The maximum Gasteiger partial charge on any atom is 0.306 e. The number of allylic oxidation sites excluding steroid dienone is 1. The number of hydrogen-bond donors (Lipinski definition) is 0. The molecule has 0 amide bonds. The number of hydrogen-bond acceptors (Lipinski definition) is 3. The van der Waals surface area contributed by atoms with Crippen LogP contribution in [0.2, 0.25) is 0 Å². The number of carbonyl (C=O) groups is 2. The molecule has 0 aromatic heterocycles. The third kappa shape index (κ3) is 13.1. The molecule has 19 heavy (non-hydrogen) atoms. The topological polar surface area (TPSA) is 43.4 Å². The highest BCUT2D eigenvalue weighted by molar-refractivity contribution is 5.82. The molecule has 0 aliphatic heterocycles. The molecule has 0 fully saturated rings. The zero-order valence-corrected chi connectivity index (χ0v) is 12.5. The number of ether oxygens (including phenoxy) is 1. The maximum atomic E-state index is 11.5. The summed E-state index contributed by atoms with van der Waals surface area (Å²) < 4.78 is 5.04. The summed E-state index contributed by atoms with van der Waals surface area (Å²) in [4.78, 5) is 22.9. The SMILES string of the molecule is CC/C=C/CCOC(=O)CCC(=O)CCCCCC. The lowest BCUT2D eigenvalue weighted by molar-refractivity contribution is -0.144. The Morgan fingerprint density at radius 1 is 0.947 bits per heavy atom. The van der Waals surface area contributed by atoms with Gasteiger partial charge >= 0.3 is 5.97 Å². The monoisotopic (exact) mass is 268 g/mol. The molecule has 0 radical (unpaired) electrons. The molecule has 0 atom stereocenters. The van der Waals surface area contributed by atoms with Crippen LogP contribution >= 0.6 is 0 Å². The van der Waals surface area contributed by atoms with Crippen LogP contribution in [0.3, 0.4) is 0 Å². The Bertz CT molecular complexity index is 269. The van der Waals surface area contributed by atoms with E-state index in [1.807, 2.05) is 12.2 Å². The third-order valence-electron chi connectivity index (χ3n) is 2.87. The molecule has 110 valence electrons. The number of carbonyl (C=O) groups excluding carboxylic acids is 2. The number of ketones is 1. The molecular weight excluding hydrogens is 240 g/mol. The Kier molecular flexibility index (Phi) is 12.5. The Balaban J connectivity index is 3.45. The van der Waals surface area contributed by atoms with Crippen LogP contribution < -0.4 is 0 Å². The predicted octanol–water partition coefficient (Wildman–Crippen LogP) is 4.21. The van der Waals surface area contributed by atoms with Crippen LogP contribution in [-0.4, -0.2) is 18.4 Å². The van der Waals surface area contributed by atoms with E-state index >= 15 is 0 Å². The normalized spacial score (nSPS) is 10.8. The molecule has 3 nitrogen and oxygen atoms in total. The van der Waals surface area contributed by atoms with Crippen LogP contribution in [0, 0.1) is 0 Å². The van der Waals surface area contributed by atoms with E-state index in [9.17, 15) is 9.59 Å². The van der Waals surface area contributed by atoms with E-state index in [-0.39, 0.29) is 18.2 Å². The Hall–Kier alpha value is -1.12. The summed E-state index contributed by atoms with van der Waals surface area (Å²) in [5.41, 5.74) is 0. The van der Waals surface area contributed by atoms with Gasteiger partial charge in [-0.15, -0.1) is 0 Å². The van der Waals surface area contributed by atoms with Crippen molar-refractivity contribution in [3.05, 3.63) is 12.2 Å². The zero-order valence-electron chi connectivity index (χ0n) is 12.5. The zero-order chi connectivity index (χ0) is 14.3. The van der Waals surface area contributed by atoms with Gasteiger partial charge in [0.2, 0.25) is 0 Å². The molecule has 0 spiro atoms. The fraction of sp³-hybridized carbons (Fsp3) is 0.750. The van der Waals surface area contributed by atoms with Crippen LogP contribution in [-0.2, 0) is 14.3 Å². The largest absolute Gasteiger partial charge is 0.465 e. The quantitative estimate of drug-likeness (QED) is 0.302. The first-order valence-corrected chi connectivity index (χ1v) is 7.53. The van der Waals surface area contributed by atoms with Crippen molar-refractivity contribution in [2.75, 3.05) is 6.61 Å². The summed E-state index contributed by atoms with van der Waals surface area (Å²) in [7, 11) is 0. The molecule has 0 aliphatic rings. The lowest BCUT2D eigenvalue weighted by Crippen LogP contribution is -2.08. The lowest BCUT2D eigenvalue weighted by atomic mass is 10.1. The van der Waals surface area contributed by atoms with Crippen molar-refractivity contribution in [2.45, 2.75) is 71.6 Å². The smallest absolute Gasteiger partial charge is 0.306 e. The second kappa shape index (κ2) is 13.3. The van der Waals surface area contributed by atoms with E-state index in [1.165, 1.54) is 12.8 Å². The average Bonchev–Trinajstić information content (AvgIpc) is 2.41. The summed E-state index contributed by atoms with van der Waals surface area (Å²) in [5.74, 6) is -0.0780. The van der Waals surface area contributed by atoms with E-state index < -0.39 is 0 Å². The highest BCUT2D eigenvalue weighted by atomic mass is 16.5. The molecule has 0 aromatic rings. The van der Waals surface area contributed by atoms with Gasteiger partial charge in [0.25, 0.3) is 0 Å². The van der Waals surface area contributed by atoms with E-state index in [2.05, 4.69) is 13.8 Å². The lowest BCUT2D eigenvalue weighted by Gasteiger charge is -2.03. The third-order valence-corrected chi connectivity index (χ3v) is 2.87. The number of rotatable bonds is 12. The van der Waals surface area contributed by atoms with E-state index in [0.717, 1.165) is 25.7 Å².